The van der Waals surface area contributed by atoms with Crippen LogP contribution in [0.1, 0.15) is 13.3 Å². The molecule has 9 heteroatoms. The predicted molar refractivity (Wildman–Crippen MR) is 73.5 cm³/mol. The summed E-state index contributed by atoms with van der Waals surface area (Å²) in [6.45, 7) is 2.25. The smallest absolute Gasteiger partial charge is 0.312 e. The number of sulfonamides is 1. The molecule has 2 rings (SSSR count). The zero-order chi connectivity index (χ0) is 15.8. The summed E-state index contributed by atoms with van der Waals surface area (Å²) < 4.78 is 31.5. The normalized spacial score (nSPS) is 22.6. The molecular formula is C12H16N2O6S. The summed E-state index contributed by atoms with van der Waals surface area (Å²) in [5, 5.41) is 20.2. The lowest BCUT2D eigenvalue weighted by Gasteiger charge is -2.25. The molecule has 2 unspecified atom stereocenters. The topological polar surface area (TPSA) is 110 Å². The molecule has 1 fully saturated rings. The number of rotatable bonds is 4. The van der Waals surface area contributed by atoms with Gasteiger partial charge in [-0.3, -0.25) is 10.1 Å². The van der Waals surface area contributed by atoms with Crippen LogP contribution in [0.4, 0.5) is 5.69 Å². The maximum absolute atomic E-state index is 12.5. The lowest BCUT2D eigenvalue weighted by atomic mass is 10.2. The van der Waals surface area contributed by atoms with Gasteiger partial charge in [-0.05, 0) is 25.5 Å². The average Bonchev–Trinajstić information content (AvgIpc) is 2.83. The molecular weight excluding hydrogens is 300 g/mol. The van der Waals surface area contributed by atoms with E-state index in [0.29, 0.717) is 13.0 Å². The monoisotopic (exact) mass is 316 g/mol. The Morgan fingerprint density at radius 2 is 2.14 bits per heavy atom. The molecule has 1 aliphatic heterocycles. The van der Waals surface area contributed by atoms with Gasteiger partial charge in [0.1, 0.15) is 0 Å². The van der Waals surface area contributed by atoms with Crippen LogP contribution < -0.4 is 0 Å². The van der Waals surface area contributed by atoms with Gasteiger partial charge in [0.15, 0.2) is 5.75 Å². The molecule has 0 bridgehead atoms. The molecule has 21 heavy (non-hydrogen) atoms. The maximum Gasteiger partial charge on any atom is 0.312 e. The summed E-state index contributed by atoms with van der Waals surface area (Å²) in [4.78, 5) is 9.74. The van der Waals surface area contributed by atoms with Gasteiger partial charge in [-0.2, -0.15) is 4.31 Å². The first-order valence-corrected chi connectivity index (χ1v) is 7.76. The number of nitrogens with zero attached hydrogens (tertiary/aromatic N) is 2. The Kier molecular flexibility index (Phi) is 4.17. The van der Waals surface area contributed by atoms with Crippen LogP contribution in [0, 0.1) is 10.1 Å². The van der Waals surface area contributed by atoms with Crippen LogP contribution in [0.15, 0.2) is 23.1 Å². The SMILES string of the molecule is CC1OCCC1N(C)S(=O)(=O)c1ccc(O)c([N+](=O)[O-])c1. The van der Waals surface area contributed by atoms with Crippen molar-refractivity contribution in [2.75, 3.05) is 13.7 Å². The van der Waals surface area contributed by atoms with Crippen molar-refractivity contribution in [3.63, 3.8) is 0 Å². The molecule has 1 aromatic rings. The minimum atomic E-state index is -3.89. The second kappa shape index (κ2) is 5.58. The van der Waals surface area contributed by atoms with Crippen molar-refractivity contribution in [1.82, 2.24) is 4.31 Å². The fourth-order valence-corrected chi connectivity index (χ4v) is 3.82. The minimum absolute atomic E-state index is 0.228. The van der Waals surface area contributed by atoms with Gasteiger partial charge in [0.2, 0.25) is 10.0 Å². The third-order valence-corrected chi connectivity index (χ3v) is 5.50. The molecule has 1 aliphatic rings. The summed E-state index contributed by atoms with van der Waals surface area (Å²) >= 11 is 0. The van der Waals surface area contributed by atoms with Crippen LogP contribution in [-0.2, 0) is 14.8 Å². The average molecular weight is 316 g/mol. The van der Waals surface area contributed by atoms with Crippen molar-refractivity contribution < 1.29 is 23.2 Å². The highest BCUT2D eigenvalue weighted by Crippen LogP contribution is 2.31. The van der Waals surface area contributed by atoms with Crippen molar-refractivity contribution in [1.29, 1.82) is 0 Å². The van der Waals surface area contributed by atoms with E-state index in [-0.39, 0.29) is 17.0 Å². The van der Waals surface area contributed by atoms with Gasteiger partial charge in [0.25, 0.3) is 0 Å². The summed E-state index contributed by atoms with van der Waals surface area (Å²) in [7, 11) is -2.47. The van der Waals surface area contributed by atoms with E-state index in [2.05, 4.69) is 0 Å². The van der Waals surface area contributed by atoms with Gasteiger partial charge < -0.3 is 9.84 Å². The van der Waals surface area contributed by atoms with Crippen molar-refractivity contribution >= 4 is 15.7 Å². The molecule has 2 atom stereocenters. The fourth-order valence-electron chi connectivity index (χ4n) is 2.35. The third-order valence-electron chi connectivity index (χ3n) is 3.62. The number of aromatic hydroxyl groups is 1. The highest BCUT2D eigenvalue weighted by molar-refractivity contribution is 7.89. The van der Waals surface area contributed by atoms with Gasteiger partial charge in [0.05, 0.1) is 22.0 Å². The van der Waals surface area contributed by atoms with Gasteiger partial charge in [-0.1, -0.05) is 0 Å². The lowest BCUT2D eigenvalue weighted by molar-refractivity contribution is -0.386. The van der Waals surface area contributed by atoms with E-state index in [1.807, 2.05) is 0 Å². The number of hydrogen-bond donors (Lipinski definition) is 1. The molecule has 8 nitrogen and oxygen atoms in total. The standard InChI is InChI=1S/C12H16N2O6S/c1-8-10(5-6-20-8)13(2)21(18,19)9-3-4-12(15)11(7-9)14(16)17/h3-4,7-8,10,15H,5-6H2,1-2H3. The first-order chi connectivity index (χ1) is 9.75. The number of ether oxygens (including phenoxy) is 1. The molecule has 116 valence electrons. The van der Waals surface area contributed by atoms with Crippen molar-refractivity contribution in [3.8, 4) is 5.75 Å². The van der Waals surface area contributed by atoms with Crippen molar-refractivity contribution in [2.45, 2.75) is 30.4 Å². The Hall–Kier alpha value is -1.71. The van der Waals surface area contributed by atoms with E-state index in [0.717, 1.165) is 18.2 Å². The summed E-state index contributed by atoms with van der Waals surface area (Å²) in [5.74, 6) is -0.570. The minimum Gasteiger partial charge on any atom is -0.502 e. The number of nitro benzene ring substituents is 1. The summed E-state index contributed by atoms with van der Waals surface area (Å²) in [6, 6.07) is 2.70. The molecule has 0 aromatic heterocycles. The molecule has 0 radical (unpaired) electrons. The Balaban J connectivity index is 2.39. The fraction of sp³-hybridized carbons (Fsp3) is 0.500. The van der Waals surface area contributed by atoms with Gasteiger partial charge >= 0.3 is 5.69 Å². The van der Waals surface area contributed by atoms with Crippen LogP contribution in [0.25, 0.3) is 0 Å². The molecule has 1 aromatic carbocycles. The highest BCUT2D eigenvalue weighted by atomic mass is 32.2. The Labute approximate surface area is 122 Å². The number of phenolic OH excluding ortho intramolecular Hbond substituents is 1. The highest BCUT2D eigenvalue weighted by Gasteiger charge is 2.36. The number of hydrogen-bond acceptors (Lipinski definition) is 6. The van der Waals surface area contributed by atoms with Crippen molar-refractivity contribution in [3.05, 3.63) is 28.3 Å². The second-order valence-electron chi connectivity index (χ2n) is 4.86. The molecule has 0 amide bonds. The zero-order valence-electron chi connectivity index (χ0n) is 11.6. The van der Waals surface area contributed by atoms with E-state index in [1.165, 1.54) is 11.4 Å². The van der Waals surface area contributed by atoms with Gasteiger partial charge in [0, 0.05) is 19.7 Å². The predicted octanol–water partition coefficient (Wildman–Crippen LogP) is 1.10. The Morgan fingerprint density at radius 1 is 1.48 bits per heavy atom. The molecule has 0 saturated carbocycles. The number of likely N-dealkylation sites (N-methyl/N-ethyl adjacent to an activating group) is 1. The van der Waals surface area contributed by atoms with Crippen LogP contribution in [-0.4, -0.2) is 48.6 Å². The number of phenols is 1. The van der Waals surface area contributed by atoms with Gasteiger partial charge in [-0.15, -0.1) is 0 Å². The molecule has 1 heterocycles. The molecule has 0 spiro atoms. The number of nitro groups is 1. The largest absolute Gasteiger partial charge is 0.502 e. The summed E-state index contributed by atoms with van der Waals surface area (Å²) in [6.07, 6.45) is 0.328. The van der Waals surface area contributed by atoms with E-state index in [1.54, 1.807) is 6.92 Å². The maximum atomic E-state index is 12.5. The second-order valence-corrected chi connectivity index (χ2v) is 6.86. The van der Waals surface area contributed by atoms with E-state index in [4.69, 9.17) is 4.74 Å². The first-order valence-electron chi connectivity index (χ1n) is 6.32. The molecule has 1 N–H and O–H groups in total. The summed E-state index contributed by atoms with van der Waals surface area (Å²) in [5.41, 5.74) is -0.639. The van der Waals surface area contributed by atoms with Crippen LogP contribution in [0.2, 0.25) is 0 Å². The van der Waals surface area contributed by atoms with E-state index < -0.39 is 26.4 Å². The van der Waals surface area contributed by atoms with Crippen LogP contribution in [0.5, 0.6) is 5.75 Å². The van der Waals surface area contributed by atoms with Crippen LogP contribution >= 0.6 is 0 Å². The van der Waals surface area contributed by atoms with E-state index >= 15 is 0 Å². The zero-order valence-corrected chi connectivity index (χ0v) is 12.4. The third kappa shape index (κ3) is 2.85. The lowest BCUT2D eigenvalue weighted by Crippen LogP contribution is -2.40. The Morgan fingerprint density at radius 3 is 2.67 bits per heavy atom. The van der Waals surface area contributed by atoms with Crippen molar-refractivity contribution in [2.24, 2.45) is 0 Å². The van der Waals surface area contributed by atoms with Crippen LogP contribution in [0.3, 0.4) is 0 Å². The quantitative estimate of drug-likeness (QED) is 0.658. The molecule has 1 saturated heterocycles. The van der Waals surface area contributed by atoms with Gasteiger partial charge in [-0.25, -0.2) is 8.42 Å². The number of benzene rings is 1. The Bertz CT molecular complexity index is 660. The molecule has 0 aliphatic carbocycles. The first kappa shape index (κ1) is 15.7. The van der Waals surface area contributed by atoms with E-state index in [9.17, 15) is 23.6 Å².